The quantitative estimate of drug-likeness (QED) is 0.778. The highest BCUT2D eigenvalue weighted by atomic mass is 35.5. The maximum absolute atomic E-state index is 11.6. The van der Waals surface area contributed by atoms with Gasteiger partial charge < -0.3 is 5.32 Å². The summed E-state index contributed by atoms with van der Waals surface area (Å²) in [6.45, 7) is 4.16. The fraction of sp³-hybridized carbons (Fsp3) is 0.364. The molecule has 1 N–H and O–H groups in total. The van der Waals surface area contributed by atoms with Crippen LogP contribution in [0.1, 0.15) is 21.5 Å². The van der Waals surface area contributed by atoms with Gasteiger partial charge in [0.2, 0.25) is 0 Å². The normalized spacial score (nSPS) is 10.3. The molecule has 14 heavy (non-hydrogen) atoms. The van der Waals surface area contributed by atoms with Gasteiger partial charge in [0.1, 0.15) is 0 Å². The average Bonchev–Trinajstić information content (AvgIpc) is 2.11. The maximum Gasteiger partial charge on any atom is 0.176 e. The van der Waals surface area contributed by atoms with Gasteiger partial charge >= 0.3 is 0 Å². The van der Waals surface area contributed by atoms with E-state index >= 15 is 0 Å². The average molecular weight is 212 g/mol. The Hall–Kier alpha value is -0.860. The van der Waals surface area contributed by atoms with Gasteiger partial charge in [0.05, 0.1) is 6.54 Å². The van der Waals surface area contributed by atoms with Crippen molar-refractivity contribution in [3.8, 4) is 0 Å². The molecule has 0 aliphatic rings. The zero-order valence-corrected chi connectivity index (χ0v) is 9.40. The van der Waals surface area contributed by atoms with Gasteiger partial charge in [-0.2, -0.15) is 0 Å². The lowest BCUT2D eigenvalue weighted by Gasteiger charge is -2.07. The van der Waals surface area contributed by atoms with Gasteiger partial charge in [-0.25, -0.2) is 0 Å². The molecule has 0 saturated carbocycles. The van der Waals surface area contributed by atoms with Crippen molar-refractivity contribution in [1.82, 2.24) is 5.32 Å². The van der Waals surface area contributed by atoms with Crippen LogP contribution < -0.4 is 5.32 Å². The second kappa shape index (κ2) is 4.58. The summed E-state index contributed by atoms with van der Waals surface area (Å²) in [4.78, 5) is 11.6. The van der Waals surface area contributed by atoms with E-state index in [-0.39, 0.29) is 5.78 Å². The van der Waals surface area contributed by atoms with Gasteiger partial charge in [-0.1, -0.05) is 11.6 Å². The fourth-order valence-electron chi connectivity index (χ4n) is 1.34. The Labute approximate surface area is 89.3 Å². The minimum atomic E-state index is 0.102. The monoisotopic (exact) mass is 211 g/mol. The molecular weight excluding hydrogens is 198 g/mol. The lowest BCUT2D eigenvalue weighted by molar-refractivity contribution is 0.0993. The number of likely N-dealkylation sites (N-methyl/N-ethyl adjacent to an activating group) is 1. The second-order valence-corrected chi connectivity index (χ2v) is 3.78. The smallest absolute Gasteiger partial charge is 0.176 e. The van der Waals surface area contributed by atoms with Gasteiger partial charge in [-0.05, 0) is 44.2 Å². The fourth-order valence-corrected chi connectivity index (χ4v) is 1.56. The first-order valence-corrected chi connectivity index (χ1v) is 4.88. The van der Waals surface area contributed by atoms with Crippen LogP contribution >= 0.6 is 11.6 Å². The van der Waals surface area contributed by atoms with E-state index < -0.39 is 0 Å². The predicted molar refractivity (Wildman–Crippen MR) is 59.2 cm³/mol. The third-order valence-electron chi connectivity index (χ3n) is 2.14. The van der Waals surface area contributed by atoms with Crippen molar-refractivity contribution in [2.24, 2.45) is 0 Å². The van der Waals surface area contributed by atoms with Crippen LogP contribution in [0.25, 0.3) is 0 Å². The van der Waals surface area contributed by atoms with Crippen molar-refractivity contribution in [3.63, 3.8) is 0 Å². The Morgan fingerprint density at radius 2 is 2.00 bits per heavy atom. The number of aryl methyl sites for hydroxylation is 2. The third-order valence-corrected chi connectivity index (χ3v) is 2.55. The largest absolute Gasteiger partial charge is 0.313 e. The second-order valence-electron chi connectivity index (χ2n) is 3.37. The van der Waals surface area contributed by atoms with Gasteiger partial charge in [-0.15, -0.1) is 0 Å². The number of halogens is 1. The molecule has 0 spiro atoms. The van der Waals surface area contributed by atoms with Crippen LogP contribution in [-0.2, 0) is 0 Å². The summed E-state index contributed by atoms with van der Waals surface area (Å²) in [5, 5.41) is 3.56. The minimum absolute atomic E-state index is 0.102. The van der Waals surface area contributed by atoms with Crippen LogP contribution in [0, 0.1) is 13.8 Å². The number of carbonyl (C=O) groups is 1. The Balaban J connectivity index is 3.09. The van der Waals surface area contributed by atoms with E-state index in [0.717, 1.165) is 16.7 Å². The molecular formula is C11H14ClNO. The molecule has 2 nitrogen and oxygen atoms in total. The Morgan fingerprint density at radius 1 is 1.36 bits per heavy atom. The molecule has 0 aliphatic heterocycles. The molecule has 1 aromatic carbocycles. The van der Waals surface area contributed by atoms with E-state index in [2.05, 4.69) is 5.32 Å². The van der Waals surface area contributed by atoms with E-state index in [1.54, 1.807) is 7.05 Å². The number of Topliss-reactive ketones (excluding diaryl/α,β-unsaturated/α-hetero) is 1. The van der Waals surface area contributed by atoms with Crippen LogP contribution in [0.5, 0.6) is 0 Å². The summed E-state index contributed by atoms with van der Waals surface area (Å²) >= 11 is 5.94. The highest BCUT2D eigenvalue weighted by Gasteiger charge is 2.09. The number of hydrogen-bond acceptors (Lipinski definition) is 2. The number of ketones is 1. The summed E-state index contributed by atoms with van der Waals surface area (Å²) in [7, 11) is 1.76. The number of carbonyl (C=O) groups excluding carboxylic acids is 1. The third kappa shape index (κ3) is 2.34. The zero-order chi connectivity index (χ0) is 10.7. The number of hydrogen-bond donors (Lipinski definition) is 1. The zero-order valence-electron chi connectivity index (χ0n) is 8.65. The van der Waals surface area contributed by atoms with Crippen LogP contribution in [0.2, 0.25) is 5.02 Å². The minimum Gasteiger partial charge on any atom is -0.313 e. The first-order chi connectivity index (χ1) is 6.56. The van der Waals surface area contributed by atoms with Crippen molar-refractivity contribution in [2.45, 2.75) is 13.8 Å². The van der Waals surface area contributed by atoms with Gasteiger partial charge in [0.25, 0.3) is 0 Å². The van der Waals surface area contributed by atoms with Crippen LogP contribution in [0.3, 0.4) is 0 Å². The van der Waals surface area contributed by atoms with Crippen LogP contribution in [0.15, 0.2) is 12.1 Å². The van der Waals surface area contributed by atoms with Crippen molar-refractivity contribution in [3.05, 3.63) is 33.8 Å². The van der Waals surface area contributed by atoms with Crippen molar-refractivity contribution in [2.75, 3.05) is 13.6 Å². The Morgan fingerprint density at radius 3 is 2.57 bits per heavy atom. The molecule has 0 heterocycles. The van der Waals surface area contributed by atoms with Gasteiger partial charge in [0, 0.05) is 10.6 Å². The number of rotatable bonds is 3. The van der Waals surface area contributed by atoms with Crippen LogP contribution in [-0.4, -0.2) is 19.4 Å². The maximum atomic E-state index is 11.6. The molecule has 0 bridgehead atoms. The summed E-state index contributed by atoms with van der Waals surface area (Å²) in [5.74, 6) is 0.102. The first-order valence-electron chi connectivity index (χ1n) is 4.50. The number of benzene rings is 1. The first kappa shape index (κ1) is 11.2. The molecule has 0 radical (unpaired) electrons. The molecule has 0 atom stereocenters. The van der Waals surface area contributed by atoms with Crippen molar-refractivity contribution in [1.29, 1.82) is 0 Å². The van der Waals surface area contributed by atoms with Gasteiger partial charge in [0.15, 0.2) is 5.78 Å². The molecule has 1 aromatic rings. The number of nitrogens with one attached hydrogen (secondary N) is 1. The predicted octanol–water partition coefficient (Wildman–Crippen LogP) is 2.36. The lowest BCUT2D eigenvalue weighted by Crippen LogP contribution is -2.19. The van der Waals surface area contributed by atoms with E-state index in [9.17, 15) is 4.79 Å². The molecule has 0 unspecified atom stereocenters. The molecule has 3 heteroatoms. The SMILES string of the molecule is CNCC(=O)c1cc(C)c(Cl)cc1C. The molecule has 0 aliphatic carbocycles. The molecule has 0 saturated heterocycles. The lowest BCUT2D eigenvalue weighted by atomic mass is 10.0. The summed E-state index contributed by atoms with van der Waals surface area (Å²) in [5.41, 5.74) is 2.62. The van der Waals surface area contributed by atoms with E-state index in [0.29, 0.717) is 11.6 Å². The highest BCUT2D eigenvalue weighted by molar-refractivity contribution is 6.31. The van der Waals surface area contributed by atoms with Gasteiger partial charge in [-0.3, -0.25) is 4.79 Å². The molecule has 0 aromatic heterocycles. The van der Waals surface area contributed by atoms with E-state index in [4.69, 9.17) is 11.6 Å². The van der Waals surface area contributed by atoms with Crippen molar-refractivity contribution >= 4 is 17.4 Å². The molecule has 0 fully saturated rings. The molecule has 0 amide bonds. The van der Waals surface area contributed by atoms with E-state index in [1.165, 1.54) is 0 Å². The summed E-state index contributed by atoms with van der Waals surface area (Å²) in [6, 6.07) is 3.68. The molecule has 76 valence electrons. The van der Waals surface area contributed by atoms with Crippen LogP contribution in [0.4, 0.5) is 0 Å². The highest BCUT2D eigenvalue weighted by Crippen LogP contribution is 2.20. The standard InChI is InChI=1S/C11H14ClNO/c1-7-5-10(12)8(2)4-9(7)11(14)6-13-3/h4-5,13H,6H2,1-3H3. The summed E-state index contributed by atoms with van der Waals surface area (Å²) < 4.78 is 0. The Bertz CT molecular complexity index is 361. The molecule has 1 rings (SSSR count). The summed E-state index contributed by atoms with van der Waals surface area (Å²) in [6.07, 6.45) is 0. The topological polar surface area (TPSA) is 29.1 Å². The van der Waals surface area contributed by atoms with Crippen molar-refractivity contribution < 1.29 is 4.79 Å². The Kier molecular flexibility index (Phi) is 3.67. The van der Waals surface area contributed by atoms with E-state index in [1.807, 2.05) is 26.0 Å².